The number of hydrazine groups is 1. The molecule has 1 aromatic rings. The maximum atomic E-state index is 5.60. The first kappa shape index (κ1) is 13.3. The summed E-state index contributed by atoms with van der Waals surface area (Å²) >= 11 is 1.42. The van der Waals surface area contributed by atoms with Crippen LogP contribution >= 0.6 is 11.5 Å². The van der Waals surface area contributed by atoms with E-state index in [9.17, 15) is 0 Å². The Labute approximate surface area is 101 Å². The molecule has 0 aliphatic heterocycles. The molecule has 0 aliphatic rings. The molecule has 1 heterocycles. The summed E-state index contributed by atoms with van der Waals surface area (Å²) in [5.41, 5.74) is 5.06. The zero-order chi connectivity index (χ0) is 12.1. The number of nitrogens with zero attached hydrogens (tertiary/aromatic N) is 2. The lowest BCUT2D eigenvalue weighted by Crippen LogP contribution is -2.28. The number of nitrogens with one attached hydrogen (secondary N) is 1. The van der Waals surface area contributed by atoms with Crippen molar-refractivity contribution in [1.29, 1.82) is 0 Å². The number of hydrogen-bond acceptors (Lipinski definition) is 5. The fraction of sp³-hybridized carbons (Fsp3) is 0.636. The quantitative estimate of drug-likeness (QED) is 0.455. The Morgan fingerprint density at radius 3 is 2.75 bits per heavy atom. The summed E-state index contributed by atoms with van der Waals surface area (Å²) in [4.78, 5) is 1.13. The van der Waals surface area contributed by atoms with Crippen molar-refractivity contribution < 1.29 is 0 Å². The Morgan fingerprint density at radius 1 is 1.56 bits per heavy atom. The van der Waals surface area contributed by atoms with Gasteiger partial charge >= 0.3 is 0 Å². The summed E-state index contributed by atoms with van der Waals surface area (Å²) in [7, 11) is 0. The normalized spacial score (nSPS) is 13.1. The van der Waals surface area contributed by atoms with Crippen LogP contribution in [0.4, 0.5) is 0 Å². The highest BCUT2D eigenvalue weighted by atomic mass is 32.1. The predicted molar refractivity (Wildman–Crippen MR) is 68.1 cm³/mol. The van der Waals surface area contributed by atoms with Crippen LogP contribution in [0.2, 0.25) is 0 Å². The molecule has 1 aromatic heterocycles. The summed E-state index contributed by atoms with van der Waals surface area (Å²) in [6.07, 6.45) is 1.82. The molecule has 0 saturated heterocycles. The van der Waals surface area contributed by atoms with E-state index in [1.54, 1.807) is 0 Å². The lowest BCUT2D eigenvalue weighted by Gasteiger charge is -2.16. The van der Waals surface area contributed by atoms with Gasteiger partial charge in [-0.1, -0.05) is 37.4 Å². The van der Waals surface area contributed by atoms with E-state index in [1.165, 1.54) is 17.1 Å². The molecular formula is C11H20N4S. The Morgan fingerprint density at radius 2 is 2.25 bits per heavy atom. The van der Waals surface area contributed by atoms with Crippen LogP contribution in [0.15, 0.2) is 12.2 Å². The van der Waals surface area contributed by atoms with E-state index in [1.807, 2.05) is 0 Å². The molecule has 1 rings (SSSR count). The fourth-order valence-corrected chi connectivity index (χ4v) is 2.37. The minimum absolute atomic E-state index is 0.0878. The highest BCUT2D eigenvalue weighted by molar-refractivity contribution is 7.05. The van der Waals surface area contributed by atoms with Crippen LogP contribution in [-0.2, 0) is 0 Å². The van der Waals surface area contributed by atoms with E-state index in [4.69, 9.17) is 5.84 Å². The molecule has 0 aromatic carbocycles. The second kappa shape index (κ2) is 6.08. The summed E-state index contributed by atoms with van der Waals surface area (Å²) in [5.74, 6) is 5.97. The average Bonchev–Trinajstić information content (AvgIpc) is 2.74. The zero-order valence-electron chi connectivity index (χ0n) is 10.2. The van der Waals surface area contributed by atoms with Crippen molar-refractivity contribution in [3.8, 4) is 0 Å². The van der Waals surface area contributed by atoms with E-state index >= 15 is 0 Å². The monoisotopic (exact) mass is 240 g/mol. The van der Waals surface area contributed by atoms with Gasteiger partial charge in [-0.15, -0.1) is 5.10 Å². The van der Waals surface area contributed by atoms with Crippen molar-refractivity contribution in [3.05, 3.63) is 22.7 Å². The van der Waals surface area contributed by atoms with Gasteiger partial charge in [0.1, 0.15) is 0 Å². The molecule has 0 bridgehead atoms. The standard InChI is InChI=1S/C11H20N4S/c1-5-8(4)6-9(13-12)11-10(7(2)3)14-15-16-11/h7,9,13H,4-6,12H2,1-3H3. The molecule has 0 spiro atoms. The highest BCUT2D eigenvalue weighted by Crippen LogP contribution is 2.29. The van der Waals surface area contributed by atoms with Crippen molar-refractivity contribution >= 4 is 11.5 Å². The third-order valence-electron chi connectivity index (χ3n) is 2.60. The number of rotatable bonds is 6. The fourth-order valence-electron chi connectivity index (χ4n) is 1.51. The molecule has 5 heteroatoms. The maximum absolute atomic E-state index is 5.60. The highest BCUT2D eigenvalue weighted by Gasteiger charge is 2.20. The van der Waals surface area contributed by atoms with Gasteiger partial charge < -0.3 is 0 Å². The summed E-state index contributed by atoms with van der Waals surface area (Å²) in [6, 6.07) is 0.0878. The Balaban J connectivity index is 2.86. The summed E-state index contributed by atoms with van der Waals surface area (Å²) in [6.45, 7) is 10.3. The van der Waals surface area contributed by atoms with Gasteiger partial charge in [-0.3, -0.25) is 11.3 Å². The molecule has 4 nitrogen and oxygen atoms in total. The van der Waals surface area contributed by atoms with Crippen LogP contribution in [0.1, 0.15) is 56.1 Å². The van der Waals surface area contributed by atoms with Crippen molar-refractivity contribution in [2.24, 2.45) is 5.84 Å². The predicted octanol–water partition coefficient (Wildman–Crippen LogP) is 2.52. The van der Waals surface area contributed by atoms with Gasteiger partial charge in [0.2, 0.25) is 0 Å². The van der Waals surface area contributed by atoms with Crippen molar-refractivity contribution in [2.45, 2.75) is 45.6 Å². The molecule has 0 aliphatic carbocycles. The average molecular weight is 240 g/mol. The third kappa shape index (κ3) is 3.10. The minimum Gasteiger partial charge on any atom is -0.271 e. The van der Waals surface area contributed by atoms with E-state index in [-0.39, 0.29) is 6.04 Å². The van der Waals surface area contributed by atoms with E-state index < -0.39 is 0 Å². The second-order valence-corrected chi connectivity index (χ2v) is 4.99. The number of hydrogen-bond donors (Lipinski definition) is 2. The molecule has 0 radical (unpaired) electrons. The van der Waals surface area contributed by atoms with E-state index in [0.717, 1.165) is 23.4 Å². The maximum Gasteiger partial charge on any atom is 0.0829 e. The molecule has 90 valence electrons. The van der Waals surface area contributed by atoms with Crippen LogP contribution in [-0.4, -0.2) is 9.59 Å². The Bertz CT molecular complexity index is 346. The van der Waals surface area contributed by atoms with Gasteiger partial charge in [-0.25, -0.2) is 0 Å². The molecule has 3 N–H and O–H groups in total. The molecule has 0 fully saturated rings. The second-order valence-electron chi connectivity index (χ2n) is 4.20. The van der Waals surface area contributed by atoms with Gasteiger partial charge in [-0.2, -0.15) is 0 Å². The largest absolute Gasteiger partial charge is 0.271 e. The number of nitrogens with two attached hydrogens (primary N) is 1. The lowest BCUT2D eigenvalue weighted by atomic mass is 10.0. The van der Waals surface area contributed by atoms with Crippen LogP contribution < -0.4 is 11.3 Å². The smallest absolute Gasteiger partial charge is 0.0829 e. The van der Waals surface area contributed by atoms with Gasteiger partial charge in [0.05, 0.1) is 16.6 Å². The first-order valence-electron chi connectivity index (χ1n) is 5.55. The van der Waals surface area contributed by atoms with E-state index in [0.29, 0.717) is 5.92 Å². The summed E-state index contributed by atoms with van der Waals surface area (Å²) < 4.78 is 4.01. The number of aromatic nitrogens is 2. The zero-order valence-corrected chi connectivity index (χ0v) is 11.0. The van der Waals surface area contributed by atoms with Gasteiger partial charge in [0.25, 0.3) is 0 Å². The molecule has 0 amide bonds. The Kier molecular flexibility index (Phi) is 5.05. The molecule has 0 saturated carbocycles. The van der Waals surface area contributed by atoms with Gasteiger partial charge in [0.15, 0.2) is 0 Å². The summed E-state index contributed by atoms with van der Waals surface area (Å²) in [5, 5.41) is 4.16. The lowest BCUT2D eigenvalue weighted by molar-refractivity contribution is 0.544. The third-order valence-corrected chi connectivity index (χ3v) is 3.45. The first-order chi connectivity index (χ1) is 7.60. The molecule has 16 heavy (non-hydrogen) atoms. The van der Waals surface area contributed by atoms with Crippen LogP contribution in [0.25, 0.3) is 0 Å². The topological polar surface area (TPSA) is 63.8 Å². The molecule has 1 unspecified atom stereocenters. The minimum atomic E-state index is 0.0878. The first-order valence-corrected chi connectivity index (χ1v) is 6.32. The van der Waals surface area contributed by atoms with Crippen molar-refractivity contribution in [3.63, 3.8) is 0 Å². The van der Waals surface area contributed by atoms with E-state index in [2.05, 4.69) is 42.4 Å². The van der Waals surface area contributed by atoms with Crippen LogP contribution in [0.5, 0.6) is 0 Å². The molecule has 1 atom stereocenters. The van der Waals surface area contributed by atoms with Gasteiger partial charge in [-0.05, 0) is 30.3 Å². The molecular weight excluding hydrogens is 220 g/mol. The van der Waals surface area contributed by atoms with Gasteiger partial charge in [0, 0.05) is 0 Å². The van der Waals surface area contributed by atoms with Crippen molar-refractivity contribution in [1.82, 2.24) is 15.0 Å². The van der Waals surface area contributed by atoms with Crippen LogP contribution in [0, 0.1) is 0 Å². The van der Waals surface area contributed by atoms with Crippen LogP contribution in [0.3, 0.4) is 0 Å². The van der Waals surface area contributed by atoms with Crippen molar-refractivity contribution in [2.75, 3.05) is 0 Å². The SMILES string of the molecule is C=C(CC)CC(NN)c1snnc1C(C)C. The Hall–Kier alpha value is -0.780.